The predicted octanol–water partition coefficient (Wildman–Crippen LogP) is 4.00. The lowest BCUT2D eigenvalue weighted by Gasteiger charge is -2.12. The number of rotatable bonds is 5. The maximum atomic E-state index is 13.0. The summed E-state index contributed by atoms with van der Waals surface area (Å²) in [6.45, 7) is 1.91. The molecule has 1 amide bonds. The molecule has 2 nitrogen and oxygen atoms in total. The van der Waals surface area contributed by atoms with E-state index >= 15 is 0 Å². The second-order valence-electron chi connectivity index (χ2n) is 4.17. The Hall–Kier alpha value is -1.40. The minimum atomic E-state index is -0.901. The van der Waals surface area contributed by atoms with Crippen molar-refractivity contribution in [3.8, 4) is 0 Å². The molecule has 6 heteroatoms. The Kier molecular flexibility index (Phi) is 5.14. The number of carbonyl (C=O) groups excluding carboxylic acids is 1. The fourth-order valence-electron chi connectivity index (χ4n) is 1.61. The van der Waals surface area contributed by atoms with Crippen LogP contribution in [0.25, 0.3) is 0 Å². The molecule has 0 unspecified atom stereocenters. The molecule has 2 aromatic rings. The summed E-state index contributed by atoms with van der Waals surface area (Å²) < 4.78 is 25.8. The molecule has 0 bridgehead atoms. The molecule has 1 atom stereocenters. The zero-order valence-electron chi connectivity index (χ0n) is 10.7. The first-order chi connectivity index (χ1) is 9.56. The average molecular weight is 313 g/mol. The Morgan fingerprint density at radius 1 is 1.35 bits per heavy atom. The molecule has 0 spiro atoms. The molecule has 1 heterocycles. The number of thioether (sulfide) groups is 1. The minimum absolute atomic E-state index is 0.0481. The molecule has 0 saturated heterocycles. The molecule has 0 aliphatic carbocycles. The van der Waals surface area contributed by atoms with E-state index in [1.807, 2.05) is 24.4 Å². The van der Waals surface area contributed by atoms with Crippen molar-refractivity contribution in [1.29, 1.82) is 0 Å². The zero-order valence-corrected chi connectivity index (χ0v) is 12.4. The van der Waals surface area contributed by atoms with Gasteiger partial charge in [0.25, 0.3) is 0 Å². The number of hydrogen-bond donors (Lipinski definition) is 1. The van der Waals surface area contributed by atoms with E-state index in [-0.39, 0.29) is 17.7 Å². The van der Waals surface area contributed by atoms with Crippen molar-refractivity contribution in [2.45, 2.75) is 17.9 Å². The van der Waals surface area contributed by atoms with Gasteiger partial charge in [0.05, 0.1) is 11.8 Å². The molecular formula is C14H13F2NOS2. The summed E-state index contributed by atoms with van der Waals surface area (Å²) >= 11 is 2.75. The SMILES string of the molecule is C[C@@H](NC(=O)CSc1ccc(F)c(F)c1)c1cccs1. The Balaban J connectivity index is 1.84. The number of thiophene rings is 1. The third kappa shape index (κ3) is 4.05. The van der Waals surface area contributed by atoms with E-state index < -0.39 is 11.6 Å². The number of halogens is 2. The van der Waals surface area contributed by atoms with Crippen LogP contribution >= 0.6 is 23.1 Å². The van der Waals surface area contributed by atoms with Crippen LogP contribution in [0.15, 0.2) is 40.6 Å². The molecule has 1 N–H and O–H groups in total. The maximum absolute atomic E-state index is 13.0. The molecule has 0 aliphatic rings. The topological polar surface area (TPSA) is 29.1 Å². The van der Waals surface area contributed by atoms with Crippen LogP contribution in [-0.4, -0.2) is 11.7 Å². The zero-order chi connectivity index (χ0) is 14.5. The molecule has 1 aromatic carbocycles. The molecule has 20 heavy (non-hydrogen) atoms. The van der Waals surface area contributed by atoms with Crippen LogP contribution in [0, 0.1) is 11.6 Å². The van der Waals surface area contributed by atoms with Crippen molar-refractivity contribution in [3.05, 3.63) is 52.2 Å². The second-order valence-corrected chi connectivity index (χ2v) is 6.20. The number of benzene rings is 1. The lowest BCUT2D eigenvalue weighted by atomic mass is 10.3. The fourth-order valence-corrected chi connectivity index (χ4v) is 3.07. The molecular weight excluding hydrogens is 300 g/mol. The van der Waals surface area contributed by atoms with Gasteiger partial charge in [-0.3, -0.25) is 4.79 Å². The van der Waals surface area contributed by atoms with Gasteiger partial charge in [-0.25, -0.2) is 8.78 Å². The number of amides is 1. The third-order valence-electron chi connectivity index (χ3n) is 2.61. The van der Waals surface area contributed by atoms with Gasteiger partial charge < -0.3 is 5.32 Å². The normalized spacial score (nSPS) is 12.2. The summed E-state index contributed by atoms with van der Waals surface area (Å²) in [6.07, 6.45) is 0. The molecule has 0 saturated carbocycles. The number of carbonyl (C=O) groups is 1. The van der Waals surface area contributed by atoms with E-state index in [4.69, 9.17) is 0 Å². The highest BCUT2D eigenvalue weighted by Gasteiger charge is 2.11. The van der Waals surface area contributed by atoms with E-state index in [2.05, 4.69) is 5.32 Å². The second kappa shape index (κ2) is 6.85. The van der Waals surface area contributed by atoms with Gasteiger partial charge in [-0.1, -0.05) is 6.07 Å². The fraction of sp³-hybridized carbons (Fsp3) is 0.214. The van der Waals surface area contributed by atoms with Crippen molar-refractivity contribution >= 4 is 29.0 Å². The maximum Gasteiger partial charge on any atom is 0.230 e. The van der Waals surface area contributed by atoms with Crippen molar-refractivity contribution in [2.24, 2.45) is 0 Å². The highest BCUT2D eigenvalue weighted by molar-refractivity contribution is 8.00. The van der Waals surface area contributed by atoms with Crippen molar-refractivity contribution in [2.75, 3.05) is 5.75 Å². The van der Waals surface area contributed by atoms with Gasteiger partial charge in [0, 0.05) is 9.77 Å². The molecule has 2 rings (SSSR count). The van der Waals surface area contributed by atoms with Gasteiger partial charge in [-0.05, 0) is 36.6 Å². The van der Waals surface area contributed by atoms with Crippen LogP contribution in [-0.2, 0) is 4.79 Å². The molecule has 0 radical (unpaired) electrons. The van der Waals surface area contributed by atoms with E-state index in [9.17, 15) is 13.6 Å². The highest BCUT2D eigenvalue weighted by Crippen LogP contribution is 2.21. The Bertz CT molecular complexity index is 587. The molecule has 0 aliphatic heterocycles. The molecule has 106 valence electrons. The summed E-state index contributed by atoms with van der Waals surface area (Å²) in [4.78, 5) is 13.4. The van der Waals surface area contributed by atoms with E-state index in [0.717, 1.165) is 17.0 Å². The van der Waals surface area contributed by atoms with E-state index in [0.29, 0.717) is 4.90 Å². The van der Waals surface area contributed by atoms with Gasteiger partial charge in [-0.15, -0.1) is 23.1 Å². The third-order valence-corrected chi connectivity index (χ3v) is 4.66. The largest absolute Gasteiger partial charge is 0.348 e. The average Bonchev–Trinajstić information content (AvgIpc) is 2.94. The Labute approximate surface area is 124 Å². The van der Waals surface area contributed by atoms with Gasteiger partial charge in [0.1, 0.15) is 0 Å². The minimum Gasteiger partial charge on any atom is -0.348 e. The Morgan fingerprint density at radius 3 is 2.80 bits per heavy atom. The summed E-state index contributed by atoms with van der Waals surface area (Å²) in [5, 5.41) is 4.81. The summed E-state index contributed by atoms with van der Waals surface area (Å²) in [5.74, 6) is -1.76. The molecule has 0 fully saturated rings. The summed E-state index contributed by atoms with van der Waals surface area (Å²) in [7, 11) is 0. The highest BCUT2D eigenvalue weighted by atomic mass is 32.2. The quantitative estimate of drug-likeness (QED) is 0.846. The van der Waals surface area contributed by atoms with Gasteiger partial charge in [0.2, 0.25) is 5.91 Å². The Morgan fingerprint density at radius 2 is 2.15 bits per heavy atom. The van der Waals surface area contributed by atoms with Crippen molar-refractivity contribution < 1.29 is 13.6 Å². The standard InChI is InChI=1S/C14H13F2NOS2/c1-9(13-3-2-6-19-13)17-14(18)8-20-10-4-5-11(15)12(16)7-10/h2-7,9H,8H2,1H3,(H,17,18)/t9-/m1/s1. The summed E-state index contributed by atoms with van der Waals surface area (Å²) in [6, 6.07) is 7.45. The summed E-state index contributed by atoms with van der Waals surface area (Å²) in [5.41, 5.74) is 0. The van der Waals surface area contributed by atoms with Crippen LogP contribution < -0.4 is 5.32 Å². The number of nitrogens with one attached hydrogen (secondary N) is 1. The van der Waals surface area contributed by atoms with Crippen LogP contribution in [0.5, 0.6) is 0 Å². The number of hydrogen-bond acceptors (Lipinski definition) is 3. The first-order valence-electron chi connectivity index (χ1n) is 5.97. The smallest absolute Gasteiger partial charge is 0.230 e. The predicted molar refractivity (Wildman–Crippen MR) is 78.0 cm³/mol. The van der Waals surface area contributed by atoms with Crippen molar-refractivity contribution in [3.63, 3.8) is 0 Å². The van der Waals surface area contributed by atoms with Crippen LogP contribution in [0.2, 0.25) is 0 Å². The van der Waals surface area contributed by atoms with E-state index in [1.165, 1.54) is 17.8 Å². The lowest BCUT2D eigenvalue weighted by Crippen LogP contribution is -2.27. The van der Waals surface area contributed by atoms with Gasteiger partial charge >= 0.3 is 0 Å². The van der Waals surface area contributed by atoms with Crippen LogP contribution in [0.3, 0.4) is 0 Å². The lowest BCUT2D eigenvalue weighted by molar-refractivity contribution is -0.119. The van der Waals surface area contributed by atoms with Gasteiger partial charge in [-0.2, -0.15) is 0 Å². The van der Waals surface area contributed by atoms with Crippen LogP contribution in [0.4, 0.5) is 8.78 Å². The first kappa shape index (κ1) is 15.0. The van der Waals surface area contributed by atoms with Crippen molar-refractivity contribution in [1.82, 2.24) is 5.32 Å². The van der Waals surface area contributed by atoms with Gasteiger partial charge in [0.15, 0.2) is 11.6 Å². The van der Waals surface area contributed by atoms with E-state index in [1.54, 1.807) is 11.3 Å². The monoisotopic (exact) mass is 313 g/mol. The first-order valence-corrected chi connectivity index (χ1v) is 7.83. The molecule has 1 aromatic heterocycles. The van der Waals surface area contributed by atoms with Crippen LogP contribution in [0.1, 0.15) is 17.8 Å².